The van der Waals surface area contributed by atoms with Crippen LogP contribution in [-0.4, -0.2) is 18.1 Å². The zero-order valence-corrected chi connectivity index (χ0v) is 12.5. The molecule has 1 aromatic carbocycles. The number of aromatic nitrogens is 1. The average molecular weight is 285 g/mol. The molecule has 0 amide bonds. The molecule has 4 heteroatoms. The van der Waals surface area contributed by atoms with E-state index in [1.54, 1.807) is 12.4 Å². The molecule has 0 saturated carbocycles. The third-order valence-electron chi connectivity index (χ3n) is 3.28. The Kier molecular flexibility index (Phi) is 4.58. The highest BCUT2D eigenvalue weighted by molar-refractivity contribution is 5.73. The maximum Gasteiger partial charge on any atom is 0.310 e. The van der Waals surface area contributed by atoms with Crippen LogP contribution in [-0.2, 0) is 21.6 Å². The fourth-order valence-corrected chi connectivity index (χ4v) is 2.06. The molecule has 0 unspecified atom stereocenters. The van der Waals surface area contributed by atoms with Crippen molar-refractivity contribution in [3.63, 3.8) is 0 Å². The van der Waals surface area contributed by atoms with Gasteiger partial charge in [-0.05, 0) is 37.6 Å². The van der Waals surface area contributed by atoms with Crippen LogP contribution in [0.2, 0.25) is 0 Å². The van der Waals surface area contributed by atoms with Crippen molar-refractivity contribution in [3.05, 3.63) is 59.9 Å². The van der Waals surface area contributed by atoms with Crippen LogP contribution < -0.4 is 4.74 Å². The largest absolute Gasteiger partial charge is 0.483 e. The number of nitrogens with zero attached hydrogens (tertiary/aromatic N) is 1. The predicted molar refractivity (Wildman–Crippen MR) is 80.1 cm³/mol. The van der Waals surface area contributed by atoms with Crippen molar-refractivity contribution < 1.29 is 14.3 Å². The van der Waals surface area contributed by atoms with Crippen LogP contribution >= 0.6 is 0 Å². The SMILES string of the molecule is COC(=O)Cc1ccccc1OC(C)(C)c1ccncc1. The monoisotopic (exact) mass is 285 g/mol. The molecule has 2 rings (SSSR count). The number of methoxy groups -OCH3 is 1. The van der Waals surface area contributed by atoms with Gasteiger partial charge in [0.15, 0.2) is 0 Å². The third kappa shape index (κ3) is 3.81. The summed E-state index contributed by atoms with van der Waals surface area (Å²) >= 11 is 0. The molecular formula is C17H19NO3. The van der Waals surface area contributed by atoms with Gasteiger partial charge in [-0.1, -0.05) is 18.2 Å². The zero-order valence-electron chi connectivity index (χ0n) is 12.5. The minimum atomic E-state index is -0.519. The lowest BCUT2D eigenvalue weighted by molar-refractivity contribution is -0.139. The molecule has 0 atom stereocenters. The minimum absolute atomic E-state index is 0.194. The Morgan fingerprint density at radius 1 is 1.14 bits per heavy atom. The molecule has 0 spiro atoms. The highest BCUT2D eigenvalue weighted by Crippen LogP contribution is 2.29. The zero-order chi connectivity index (χ0) is 15.3. The number of hydrogen-bond donors (Lipinski definition) is 0. The maximum absolute atomic E-state index is 11.5. The van der Waals surface area contributed by atoms with Crippen molar-refractivity contribution in [2.24, 2.45) is 0 Å². The summed E-state index contributed by atoms with van der Waals surface area (Å²) in [4.78, 5) is 15.5. The highest BCUT2D eigenvalue weighted by Gasteiger charge is 2.24. The summed E-state index contributed by atoms with van der Waals surface area (Å²) in [5.41, 5.74) is 1.31. The summed E-state index contributed by atoms with van der Waals surface area (Å²) in [6.07, 6.45) is 3.67. The number of esters is 1. The van der Waals surface area contributed by atoms with Crippen LogP contribution in [0.4, 0.5) is 0 Å². The van der Waals surface area contributed by atoms with E-state index in [2.05, 4.69) is 4.98 Å². The first kappa shape index (κ1) is 15.0. The summed E-state index contributed by atoms with van der Waals surface area (Å²) in [6.45, 7) is 3.97. The third-order valence-corrected chi connectivity index (χ3v) is 3.28. The molecule has 0 aliphatic rings. The number of carbonyl (C=O) groups excluding carboxylic acids is 1. The molecule has 0 radical (unpaired) electrons. The summed E-state index contributed by atoms with van der Waals surface area (Å²) < 4.78 is 10.8. The van der Waals surface area contributed by atoms with E-state index in [0.29, 0.717) is 5.75 Å². The molecule has 0 bridgehead atoms. The van der Waals surface area contributed by atoms with Gasteiger partial charge in [0.1, 0.15) is 11.4 Å². The Labute approximate surface area is 124 Å². The van der Waals surface area contributed by atoms with Gasteiger partial charge >= 0.3 is 5.97 Å². The van der Waals surface area contributed by atoms with Crippen LogP contribution in [0, 0.1) is 0 Å². The second-order valence-electron chi connectivity index (χ2n) is 5.21. The summed E-state index contributed by atoms with van der Waals surface area (Å²) in [7, 11) is 1.38. The Morgan fingerprint density at radius 3 is 2.48 bits per heavy atom. The molecule has 1 aromatic heterocycles. The molecule has 4 nitrogen and oxygen atoms in total. The second kappa shape index (κ2) is 6.39. The first-order chi connectivity index (χ1) is 10.0. The highest BCUT2D eigenvalue weighted by atomic mass is 16.5. The molecule has 0 saturated heterocycles. The first-order valence-electron chi connectivity index (χ1n) is 6.77. The van der Waals surface area contributed by atoms with E-state index < -0.39 is 5.60 Å². The Balaban J connectivity index is 2.25. The molecule has 110 valence electrons. The number of hydrogen-bond acceptors (Lipinski definition) is 4. The molecular weight excluding hydrogens is 266 g/mol. The van der Waals surface area contributed by atoms with Gasteiger partial charge in [0.25, 0.3) is 0 Å². The molecule has 21 heavy (non-hydrogen) atoms. The van der Waals surface area contributed by atoms with E-state index in [1.165, 1.54) is 7.11 Å². The van der Waals surface area contributed by atoms with E-state index in [0.717, 1.165) is 11.1 Å². The number of ether oxygens (including phenoxy) is 2. The van der Waals surface area contributed by atoms with Crippen molar-refractivity contribution in [2.45, 2.75) is 25.9 Å². The summed E-state index contributed by atoms with van der Waals surface area (Å²) in [5.74, 6) is 0.400. The number of rotatable bonds is 5. The number of benzene rings is 1. The van der Waals surface area contributed by atoms with Gasteiger partial charge in [-0.25, -0.2) is 0 Å². The molecule has 2 aromatic rings. The Morgan fingerprint density at radius 2 is 1.81 bits per heavy atom. The van der Waals surface area contributed by atoms with Gasteiger partial charge < -0.3 is 9.47 Å². The van der Waals surface area contributed by atoms with Crippen LogP contribution in [0.5, 0.6) is 5.75 Å². The van der Waals surface area contributed by atoms with E-state index in [4.69, 9.17) is 9.47 Å². The predicted octanol–water partition coefficient (Wildman–Crippen LogP) is 3.11. The van der Waals surface area contributed by atoms with Crippen molar-refractivity contribution >= 4 is 5.97 Å². The lowest BCUT2D eigenvalue weighted by Gasteiger charge is -2.28. The van der Waals surface area contributed by atoms with E-state index in [1.807, 2.05) is 50.2 Å². The Hall–Kier alpha value is -2.36. The molecule has 1 heterocycles. The van der Waals surface area contributed by atoms with Crippen LogP contribution in [0.25, 0.3) is 0 Å². The fraction of sp³-hybridized carbons (Fsp3) is 0.294. The van der Waals surface area contributed by atoms with Gasteiger partial charge in [0.05, 0.1) is 13.5 Å². The number of pyridine rings is 1. The van der Waals surface area contributed by atoms with Crippen LogP contribution in [0.1, 0.15) is 25.0 Å². The normalized spacial score (nSPS) is 11.0. The van der Waals surface area contributed by atoms with E-state index in [9.17, 15) is 4.79 Å². The van der Waals surface area contributed by atoms with Crippen molar-refractivity contribution in [1.29, 1.82) is 0 Å². The molecule has 0 aliphatic carbocycles. The quantitative estimate of drug-likeness (QED) is 0.792. The van der Waals surface area contributed by atoms with E-state index >= 15 is 0 Å². The molecule has 0 aliphatic heterocycles. The van der Waals surface area contributed by atoms with Gasteiger partial charge in [-0.3, -0.25) is 9.78 Å². The molecule has 0 N–H and O–H groups in total. The maximum atomic E-state index is 11.5. The number of carbonyl (C=O) groups is 1. The van der Waals surface area contributed by atoms with Crippen LogP contribution in [0.15, 0.2) is 48.8 Å². The average Bonchev–Trinajstić information content (AvgIpc) is 2.50. The van der Waals surface area contributed by atoms with Gasteiger partial charge in [0.2, 0.25) is 0 Å². The standard InChI is InChI=1S/C17H19NO3/c1-17(2,14-8-10-18-11-9-14)21-15-7-5-4-6-13(15)12-16(19)20-3/h4-11H,12H2,1-3H3. The molecule has 0 fully saturated rings. The Bertz CT molecular complexity index is 608. The van der Waals surface area contributed by atoms with E-state index in [-0.39, 0.29) is 12.4 Å². The number of para-hydroxylation sites is 1. The second-order valence-corrected chi connectivity index (χ2v) is 5.21. The minimum Gasteiger partial charge on any atom is -0.483 e. The fourth-order valence-electron chi connectivity index (χ4n) is 2.06. The lowest BCUT2D eigenvalue weighted by Crippen LogP contribution is -2.26. The van der Waals surface area contributed by atoms with Crippen molar-refractivity contribution in [2.75, 3.05) is 7.11 Å². The van der Waals surface area contributed by atoms with Crippen molar-refractivity contribution in [1.82, 2.24) is 4.98 Å². The van der Waals surface area contributed by atoms with Crippen LogP contribution in [0.3, 0.4) is 0 Å². The van der Waals surface area contributed by atoms with Gasteiger partial charge in [0, 0.05) is 18.0 Å². The van der Waals surface area contributed by atoms with Gasteiger partial charge in [-0.2, -0.15) is 0 Å². The smallest absolute Gasteiger partial charge is 0.310 e. The summed E-state index contributed by atoms with van der Waals surface area (Å²) in [6, 6.07) is 11.3. The first-order valence-corrected chi connectivity index (χ1v) is 6.77. The summed E-state index contributed by atoms with van der Waals surface area (Å²) in [5, 5.41) is 0. The topological polar surface area (TPSA) is 48.4 Å². The van der Waals surface area contributed by atoms with Gasteiger partial charge in [-0.15, -0.1) is 0 Å². The lowest BCUT2D eigenvalue weighted by atomic mass is 9.99. The van der Waals surface area contributed by atoms with Crippen molar-refractivity contribution in [3.8, 4) is 5.75 Å².